The first-order valence-corrected chi connectivity index (χ1v) is 8.92. The second kappa shape index (κ2) is 7.44. The highest BCUT2D eigenvalue weighted by Gasteiger charge is 2.12. The van der Waals surface area contributed by atoms with Crippen molar-refractivity contribution in [1.29, 1.82) is 0 Å². The summed E-state index contributed by atoms with van der Waals surface area (Å²) < 4.78 is 1.62. The van der Waals surface area contributed by atoms with Crippen molar-refractivity contribution in [1.82, 2.24) is 19.7 Å². The van der Waals surface area contributed by atoms with Gasteiger partial charge in [0.2, 0.25) is 5.82 Å². The first-order chi connectivity index (χ1) is 13.6. The van der Waals surface area contributed by atoms with Gasteiger partial charge in [0.05, 0.1) is 5.69 Å². The van der Waals surface area contributed by atoms with Gasteiger partial charge >= 0.3 is 0 Å². The van der Waals surface area contributed by atoms with E-state index in [2.05, 4.69) is 57.5 Å². The van der Waals surface area contributed by atoms with Gasteiger partial charge in [0.15, 0.2) is 0 Å². The predicted octanol–water partition coefficient (Wildman–Crippen LogP) is 3.33. The molecule has 0 saturated carbocycles. The van der Waals surface area contributed by atoms with E-state index in [0.717, 1.165) is 23.2 Å². The third-order valence-corrected chi connectivity index (χ3v) is 4.53. The fourth-order valence-electron chi connectivity index (χ4n) is 3.08. The third kappa shape index (κ3) is 3.66. The molecule has 6 nitrogen and oxygen atoms in total. The average Bonchev–Trinajstić information content (AvgIpc) is 3.12. The Kier molecular flexibility index (Phi) is 4.68. The van der Waals surface area contributed by atoms with Crippen LogP contribution in [-0.2, 0) is 6.42 Å². The summed E-state index contributed by atoms with van der Waals surface area (Å²) in [4.78, 5) is 19.5. The van der Waals surface area contributed by atoms with Crippen molar-refractivity contribution in [3.63, 3.8) is 0 Å². The number of hydrogen-bond acceptors (Lipinski definition) is 4. The van der Waals surface area contributed by atoms with Crippen LogP contribution in [0.15, 0.2) is 73.1 Å². The lowest BCUT2D eigenvalue weighted by Crippen LogP contribution is -2.13. The molecule has 6 heteroatoms. The van der Waals surface area contributed by atoms with Crippen LogP contribution in [0, 0.1) is 6.92 Å². The normalized spacial score (nSPS) is 10.8. The highest BCUT2D eigenvalue weighted by Crippen LogP contribution is 2.20. The van der Waals surface area contributed by atoms with E-state index in [-0.39, 0.29) is 5.82 Å². The van der Waals surface area contributed by atoms with Gasteiger partial charge in [-0.25, -0.2) is 9.67 Å². The Morgan fingerprint density at radius 3 is 2.21 bits per heavy atom. The van der Waals surface area contributed by atoms with E-state index in [0.29, 0.717) is 5.82 Å². The highest BCUT2D eigenvalue weighted by atomic mass is 16.1. The van der Waals surface area contributed by atoms with Gasteiger partial charge in [-0.2, -0.15) is 0 Å². The number of hydrogen-bond donors (Lipinski definition) is 1. The largest absolute Gasteiger partial charge is 0.363 e. The lowest BCUT2D eigenvalue weighted by atomic mass is 10.0. The Labute approximate surface area is 162 Å². The third-order valence-electron chi connectivity index (χ3n) is 4.53. The standard InChI is InChI=1S/C22H19N5O/c1-15-25-22(21(23)28)26-27(15)20-10-6-17(7-11-20)13-16-4-8-18(9-5-16)19-3-2-12-24-14-19/h2-12,14H,13H2,1H3,(H2,23,28). The van der Waals surface area contributed by atoms with Gasteiger partial charge in [0.25, 0.3) is 5.91 Å². The van der Waals surface area contributed by atoms with Gasteiger partial charge < -0.3 is 5.73 Å². The van der Waals surface area contributed by atoms with Crippen molar-refractivity contribution in [3.05, 3.63) is 95.8 Å². The van der Waals surface area contributed by atoms with Gasteiger partial charge in [-0.15, -0.1) is 5.10 Å². The zero-order chi connectivity index (χ0) is 19.5. The number of amides is 1. The van der Waals surface area contributed by atoms with E-state index in [1.54, 1.807) is 17.8 Å². The van der Waals surface area contributed by atoms with E-state index in [9.17, 15) is 4.79 Å². The first-order valence-electron chi connectivity index (χ1n) is 8.92. The number of pyridine rings is 1. The average molecular weight is 369 g/mol. The molecule has 0 fully saturated rings. The topological polar surface area (TPSA) is 86.7 Å². The highest BCUT2D eigenvalue weighted by molar-refractivity contribution is 5.88. The van der Waals surface area contributed by atoms with Gasteiger partial charge in [-0.05, 0) is 53.8 Å². The molecule has 4 rings (SSSR count). The molecule has 0 aliphatic rings. The number of rotatable bonds is 5. The summed E-state index contributed by atoms with van der Waals surface area (Å²) in [5, 5.41) is 4.16. The molecule has 2 aromatic carbocycles. The molecular formula is C22H19N5O. The monoisotopic (exact) mass is 369 g/mol. The van der Waals surface area contributed by atoms with Crippen molar-refractivity contribution in [2.24, 2.45) is 5.73 Å². The molecule has 28 heavy (non-hydrogen) atoms. The maximum atomic E-state index is 11.3. The fraction of sp³-hybridized carbons (Fsp3) is 0.0909. The second-order valence-corrected chi connectivity index (χ2v) is 6.54. The number of benzene rings is 2. The van der Waals surface area contributed by atoms with Crippen molar-refractivity contribution in [2.75, 3.05) is 0 Å². The molecule has 2 heterocycles. The molecule has 0 saturated heterocycles. The van der Waals surface area contributed by atoms with Crippen LogP contribution in [0.25, 0.3) is 16.8 Å². The fourth-order valence-corrected chi connectivity index (χ4v) is 3.08. The number of primary amides is 1. The van der Waals surface area contributed by atoms with Gasteiger partial charge in [0, 0.05) is 12.4 Å². The van der Waals surface area contributed by atoms with E-state index in [4.69, 9.17) is 5.73 Å². The lowest BCUT2D eigenvalue weighted by Gasteiger charge is -2.07. The molecule has 1 amide bonds. The van der Waals surface area contributed by atoms with Gasteiger partial charge in [-0.1, -0.05) is 42.5 Å². The Bertz CT molecular complexity index is 1100. The number of aromatic nitrogens is 4. The lowest BCUT2D eigenvalue weighted by molar-refractivity contribution is 0.0990. The Morgan fingerprint density at radius 1 is 0.964 bits per heavy atom. The molecule has 4 aromatic rings. The van der Waals surface area contributed by atoms with E-state index < -0.39 is 5.91 Å². The van der Waals surface area contributed by atoms with E-state index in [1.165, 1.54) is 11.1 Å². The maximum Gasteiger partial charge on any atom is 0.288 e. The molecule has 0 bridgehead atoms. The summed E-state index contributed by atoms with van der Waals surface area (Å²) >= 11 is 0. The summed E-state index contributed by atoms with van der Waals surface area (Å²) in [7, 11) is 0. The van der Waals surface area contributed by atoms with Crippen LogP contribution in [0.1, 0.15) is 27.6 Å². The van der Waals surface area contributed by atoms with E-state index in [1.807, 2.05) is 24.4 Å². The molecule has 2 N–H and O–H groups in total. The number of carbonyl (C=O) groups excluding carboxylic acids is 1. The van der Waals surface area contributed by atoms with Crippen LogP contribution in [0.2, 0.25) is 0 Å². The van der Waals surface area contributed by atoms with Crippen molar-refractivity contribution >= 4 is 5.91 Å². The molecule has 0 unspecified atom stereocenters. The van der Waals surface area contributed by atoms with Crippen LogP contribution in [0.4, 0.5) is 0 Å². The van der Waals surface area contributed by atoms with Gasteiger partial charge in [0.1, 0.15) is 5.82 Å². The Balaban J connectivity index is 1.50. The van der Waals surface area contributed by atoms with Crippen LogP contribution >= 0.6 is 0 Å². The van der Waals surface area contributed by atoms with Gasteiger partial charge in [-0.3, -0.25) is 9.78 Å². The maximum absolute atomic E-state index is 11.3. The molecule has 0 aliphatic carbocycles. The molecule has 0 spiro atoms. The molecular weight excluding hydrogens is 350 g/mol. The molecule has 0 atom stereocenters. The van der Waals surface area contributed by atoms with E-state index >= 15 is 0 Å². The summed E-state index contributed by atoms with van der Waals surface area (Å²) in [6.07, 6.45) is 4.47. The number of aryl methyl sites for hydroxylation is 1. The summed E-state index contributed by atoms with van der Waals surface area (Å²) in [6, 6.07) is 20.5. The smallest absolute Gasteiger partial charge is 0.288 e. The summed E-state index contributed by atoms with van der Waals surface area (Å²) in [5.41, 5.74) is 10.8. The molecule has 138 valence electrons. The number of carbonyl (C=O) groups is 1. The van der Waals surface area contributed by atoms with Crippen molar-refractivity contribution in [2.45, 2.75) is 13.3 Å². The van der Waals surface area contributed by atoms with Crippen molar-refractivity contribution < 1.29 is 4.79 Å². The SMILES string of the molecule is Cc1nc(C(N)=O)nn1-c1ccc(Cc2ccc(-c3cccnc3)cc2)cc1. The minimum Gasteiger partial charge on any atom is -0.363 e. The molecule has 2 aromatic heterocycles. The Morgan fingerprint density at radius 2 is 1.64 bits per heavy atom. The summed E-state index contributed by atoms with van der Waals surface area (Å²) in [5.74, 6) is 0.0102. The quantitative estimate of drug-likeness (QED) is 0.585. The molecule has 0 aliphatic heterocycles. The zero-order valence-corrected chi connectivity index (χ0v) is 15.4. The van der Waals surface area contributed by atoms with Crippen LogP contribution < -0.4 is 5.73 Å². The summed E-state index contributed by atoms with van der Waals surface area (Å²) in [6.45, 7) is 1.79. The molecule has 0 radical (unpaired) electrons. The number of nitrogens with zero attached hydrogens (tertiary/aromatic N) is 4. The minimum atomic E-state index is -0.631. The predicted molar refractivity (Wildman–Crippen MR) is 107 cm³/mol. The van der Waals surface area contributed by atoms with Crippen LogP contribution in [-0.4, -0.2) is 25.7 Å². The zero-order valence-electron chi connectivity index (χ0n) is 15.4. The van der Waals surface area contributed by atoms with Crippen LogP contribution in [0.3, 0.4) is 0 Å². The number of nitrogens with two attached hydrogens (primary N) is 1. The minimum absolute atomic E-state index is 0.0234. The van der Waals surface area contributed by atoms with Crippen LogP contribution in [0.5, 0.6) is 0 Å². The Hall–Kier alpha value is -3.80. The van der Waals surface area contributed by atoms with Crippen molar-refractivity contribution in [3.8, 4) is 16.8 Å². The first kappa shape index (κ1) is 17.6. The second-order valence-electron chi connectivity index (χ2n) is 6.54.